The molecule has 9 heteroatoms. The maximum absolute atomic E-state index is 12.1. The fourth-order valence-electron chi connectivity index (χ4n) is 2.18. The summed E-state index contributed by atoms with van der Waals surface area (Å²) in [7, 11) is 0. The third-order valence-electron chi connectivity index (χ3n) is 3.35. The van der Waals surface area contributed by atoms with Gasteiger partial charge in [-0.25, -0.2) is 9.59 Å². The van der Waals surface area contributed by atoms with Gasteiger partial charge in [0.2, 0.25) is 0 Å². The molecule has 0 N–H and O–H groups in total. The van der Waals surface area contributed by atoms with Crippen LogP contribution in [0.25, 0.3) is 0 Å². The van der Waals surface area contributed by atoms with Gasteiger partial charge in [-0.1, -0.05) is 12.1 Å². The molecular weight excluding hydrogens is 334 g/mol. The summed E-state index contributed by atoms with van der Waals surface area (Å²) in [6.07, 6.45) is -0.588. The number of carbonyl (C=O) groups is 4. The van der Waals surface area contributed by atoms with Gasteiger partial charge in [-0.3, -0.25) is 14.5 Å². The average Bonchev–Trinajstić information content (AvgIpc) is 2.95. The maximum atomic E-state index is 12.1. The van der Waals surface area contributed by atoms with Crippen molar-refractivity contribution in [2.24, 2.45) is 0 Å². The molecule has 134 valence electrons. The second kappa shape index (κ2) is 8.67. The first kappa shape index (κ1) is 18.2. The van der Waals surface area contributed by atoms with Crippen LogP contribution in [0, 0.1) is 0 Å². The molecule has 1 unspecified atom stereocenters. The number of cyclic esters (lactones) is 1. The zero-order chi connectivity index (χ0) is 18.2. The molecule has 0 aromatic heterocycles. The molecule has 2 rings (SSSR count). The Hall–Kier alpha value is -3.10. The molecule has 9 nitrogen and oxygen atoms in total. The molecule has 1 aliphatic heterocycles. The van der Waals surface area contributed by atoms with E-state index in [1.54, 1.807) is 24.3 Å². The number of ether oxygens (including phenoxy) is 4. The molecule has 1 saturated heterocycles. The number of esters is 2. The molecular formula is C16H17NO8. The molecule has 1 aromatic rings. The van der Waals surface area contributed by atoms with Crippen LogP contribution in [0.1, 0.15) is 18.9 Å². The van der Waals surface area contributed by atoms with E-state index in [0.29, 0.717) is 11.3 Å². The van der Waals surface area contributed by atoms with Gasteiger partial charge in [0.15, 0.2) is 6.73 Å². The van der Waals surface area contributed by atoms with Crippen LogP contribution in [0.15, 0.2) is 24.3 Å². The molecule has 1 amide bonds. The fourth-order valence-corrected chi connectivity index (χ4v) is 2.18. The van der Waals surface area contributed by atoms with Crippen LogP contribution < -0.4 is 4.74 Å². The highest BCUT2D eigenvalue weighted by molar-refractivity contribution is 5.83. The van der Waals surface area contributed by atoms with Gasteiger partial charge < -0.3 is 18.9 Å². The van der Waals surface area contributed by atoms with Gasteiger partial charge in [0.1, 0.15) is 18.4 Å². The van der Waals surface area contributed by atoms with Gasteiger partial charge in [0.25, 0.3) is 6.47 Å². The van der Waals surface area contributed by atoms with Gasteiger partial charge in [-0.2, -0.15) is 0 Å². The minimum Gasteiger partial charge on any atom is -0.468 e. The van der Waals surface area contributed by atoms with E-state index in [9.17, 15) is 19.2 Å². The average molecular weight is 351 g/mol. The van der Waals surface area contributed by atoms with Gasteiger partial charge >= 0.3 is 18.0 Å². The second-order valence-electron chi connectivity index (χ2n) is 5.13. The van der Waals surface area contributed by atoms with Crippen molar-refractivity contribution in [2.45, 2.75) is 26.0 Å². The van der Waals surface area contributed by atoms with Crippen LogP contribution in [0.4, 0.5) is 4.79 Å². The van der Waals surface area contributed by atoms with Crippen LogP contribution in [0.2, 0.25) is 0 Å². The third kappa shape index (κ3) is 5.20. The van der Waals surface area contributed by atoms with E-state index in [2.05, 4.69) is 4.74 Å². The molecule has 0 saturated carbocycles. The number of nitrogens with zero attached hydrogens (tertiary/aromatic N) is 1. The Morgan fingerprint density at radius 2 is 2.04 bits per heavy atom. The van der Waals surface area contributed by atoms with Gasteiger partial charge in [0, 0.05) is 13.3 Å². The van der Waals surface area contributed by atoms with E-state index in [4.69, 9.17) is 14.2 Å². The third-order valence-corrected chi connectivity index (χ3v) is 3.35. The molecule has 0 bridgehead atoms. The molecule has 1 aromatic carbocycles. The number of carbonyl (C=O) groups excluding carboxylic acids is 4. The number of hydrogen-bond acceptors (Lipinski definition) is 8. The summed E-state index contributed by atoms with van der Waals surface area (Å²) in [5.74, 6) is -0.615. The summed E-state index contributed by atoms with van der Waals surface area (Å²) in [5, 5.41) is 0. The number of amides is 1. The Labute approximate surface area is 143 Å². The quantitative estimate of drug-likeness (QED) is 0.235. The van der Waals surface area contributed by atoms with Gasteiger partial charge in [-0.05, 0) is 17.7 Å². The van der Waals surface area contributed by atoms with E-state index in [-0.39, 0.29) is 32.8 Å². The first-order valence-corrected chi connectivity index (χ1v) is 7.44. The van der Waals surface area contributed by atoms with Crippen LogP contribution >= 0.6 is 0 Å². The largest absolute Gasteiger partial charge is 0.468 e. The lowest BCUT2D eigenvalue weighted by Gasteiger charge is -2.19. The van der Waals surface area contributed by atoms with E-state index in [1.165, 1.54) is 6.92 Å². The second-order valence-corrected chi connectivity index (χ2v) is 5.13. The summed E-state index contributed by atoms with van der Waals surface area (Å²) in [6, 6.07) is 5.59. The van der Waals surface area contributed by atoms with E-state index >= 15 is 0 Å². The molecule has 0 aliphatic carbocycles. The van der Waals surface area contributed by atoms with E-state index < -0.39 is 24.1 Å². The highest BCUT2D eigenvalue weighted by Crippen LogP contribution is 2.18. The molecule has 1 atom stereocenters. The normalized spacial score (nSPS) is 16.1. The Kier molecular flexibility index (Phi) is 6.33. The smallest absolute Gasteiger partial charge is 0.413 e. The zero-order valence-corrected chi connectivity index (χ0v) is 13.5. The summed E-state index contributed by atoms with van der Waals surface area (Å²) in [5.41, 5.74) is 0.677. The molecule has 1 fully saturated rings. The topological polar surface area (TPSA) is 108 Å². The van der Waals surface area contributed by atoms with Crippen molar-refractivity contribution in [1.29, 1.82) is 0 Å². The van der Waals surface area contributed by atoms with Crippen molar-refractivity contribution in [3.63, 3.8) is 0 Å². The molecule has 25 heavy (non-hydrogen) atoms. The van der Waals surface area contributed by atoms with Crippen LogP contribution in [0.5, 0.6) is 5.75 Å². The van der Waals surface area contributed by atoms with Crippen molar-refractivity contribution in [3.8, 4) is 5.75 Å². The Bertz CT molecular complexity index is 642. The predicted octanol–water partition coefficient (Wildman–Crippen LogP) is 0.996. The maximum Gasteiger partial charge on any atom is 0.413 e. The molecule has 1 heterocycles. The van der Waals surface area contributed by atoms with Gasteiger partial charge in [-0.15, -0.1) is 0 Å². The number of benzene rings is 1. The Balaban J connectivity index is 1.87. The molecule has 1 aliphatic rings. The van der Waals surface area contributed by atoms with Crippen molar-refractivity contribution in [2.75, 3.05) is 13.3 Å². The zero-order valence-electron chi connectivity index (χ0n) is 13.5. The van der Waals surface area contributed by atoms with Crippen LogP contribution in [-0.4, -0.2) is 48.8 Å². The molecule has 0 spiro atoms. The summed E-state index contributed by atoms with van der Waals surface area (Å²) in [6.45, 7) is 1.31. The van der Waals surface area contributed by atoms with Crippen molar-refractivity contribution in [3.05, 3.63) is 29.8 Å². The summed E-state index contributed by atoms with van der Waals surface area (Å²) < 4.78 is 19.4. The summed E-state index contributed by atoms with van der Waals surface area (Å²) >= 11 is 0. The SMILES string of the molecule is CC(=O)Oc1ccc(COC(=O)N2COC(=O)C2CCOC=O)cc1. The minimum atomic E-state index is -0.848. The van der Waals surface area contributed by atoms with Crippen molar-refractivity contribution in [1.82, 2.24) is 4.90 Å². The van der Waals surface area contributed by atoms with E-state index in [1.807, 2.05) is 0 Å². The highest BCUT2D eigenvalue weighted by Gasteiger charge is 2.38. The lowest BCUT2D eigenvalue weighted by Crippen LogP contribution is -2.39. The van der Waals surface area contributed by atoms with Crippen molar-refractivity contribution >= 4 is 24.5 Å². The summed E-state index contributed by atoms with van der Waals surface area (Å²) in [4.78, 5) is 45.9. The monoisotopic (exact) mass is 351 g/mol. The minimum absolute atomic E-state index is 0.00927. The Morgan fingerprint density at radius 1 is 1.32 bits per heavy atom. The fraction of sp³-hybridized carbons (Fsp3) is 0.375. The van der Waals surface area contributed by atoms with E-state index in [0.717, 1.165) is 4.90 Å². The van der Waals surface area contributed by atoms with Crippen molar-refractivity contribution < 1.29 is 38.1 Å². The highest BCUT2D eigenvalue weighted by atomic mass is 16.6. The lowest BCUT2D eigenvalue weighted by molar-refractivity contribution is -0.140. The Morgan fingerprint density at radius 3 is 2.68 bits per heavy atom. The number of rotatable bonds is 7. The predicted molar refractivity (Wildman–Crippen MR) is 81.2 cm³/mol. The standard InChI is InChI=1S/C16H17NO8/c1-11(19)25-13-4-2-12(3-5-13)8-23-16(21)17-9-24-15(20)14(17)6-7-22-10-18/h2-5,10,14H,6-9H2,1H3. The molecule has 0 radical (unpaired) electrons. The lowest BCUT2D eigenvalue weighted by atomic mass is 10.2. The van der Waals surface area contributed by atoms with Crippen LogP contribution in [-0.2, 0) is 35.2 Å². The van der Waals surface area contributed by atoms with Crippen LogP contribution in [0.3, 0.4) is 0 Å². The van der Waals surface area contributed by atoms with Gasteiger partial charge in [0.05, 0.1) is 6.61 Å². The number of hydrogen-bond donors (Lipinski definition) is 0. The first-order chi connectivity index (χ1) is 12.0. The first-order valence-electron chi connectivity index (χ1n) is 7.44.